The van der Waals surface area contributed by atoms with Crippen molar-refractivity contribution in [3.63, 3.8) is 0 Å². The summed E-state index contributed by atoms with van der Waals surface area (Å²) in [5.41, 5.74) is 2.82. The number of sulfone groups is 1. The maximum atomic E-state index is 13.5. The topological polar surface area (TPSA) is 106 Å². The number of nitrogens with zero attached hydrogens (tertiary/aromatic N) is 2. The lowest BCUT2D eigenvalue weighted by Crippen LogP contribution is -2.35. The molecule has 2 aromatic carbocycles. The Balaban J connectivity index is 1.58. The van der Waals surface area contributed by atoms with E-state index in [9.17, 15) is 18.0 Å². The summed E-state index contributed by atoms with van der Waals surface area (Å²) < 4.78 is 31.5. The molecule has 0 radical (unpaired) electrons. The molecule has 37 heavy (non-hydrogen) atoms. The third kappa shape index (κ3) is 4.86. The molecule has 1 aliphatic heterocycles. The van der Waals surface area contributed by atoms with Gasteiger partial charge in [-0.25, -0.2) is 18.2 Å². The number of thiazole rings is 1. The summed E-state index contributed by atoms with van der Waals surface area (Å²) >= 11 is 2.92. The van der Waals surface area contributed by atoms with Gasteiger partial charge in [-0.2, -0.15) is 0 Å². The van der Waals surface area contributed by atoms with Gasteiger partial charge >= 0.3 is 6.09 Å². The first-order chi connectivity index (χ1) is 17.8. The second-order valence-electron chi connectivity index (χ2n) is 8.42. The molecule has 0 saturated heterocycles. The Labute approximate surface area is 222 Å². The summed E-state index contributed by atoms with van der Waals surface area (Å²) in [6, 6.07) is 14.1. The molecule has 0 unspecified atom stereocenters. The van der Waals surface area contributed by atoms with Gasteiger partial charge in [0.05, 0.1) is 39.6 Å². The molecule has 8 nitrogen and oxygen atoms in total. The molecule has 1 aliphatic rings. The quantitative estimate of drug-likeness (QED) is 0.333. The molecule has 2 aromatic heterocycles. The van der Waals surface area contributed by atoms with Crippen molar-refractivity contribution < 1.29 is 22.7 Å². The molecular weight excluding hydrogens is 531 g/mol. The van der Waals surface area contributed by atoms with Gasteiger partial charge in [0.25, 0.3) is 5.91 Å². The lowest BCUT2D eigenvalue weighted by atomic mass is 10.0. The fourth-order valence-electron chi connectivity index (χ4n) is 4.32. The molecule has 2 amide bonds. The summed E-state index contributed by atoms with van der Waals surface area (Å²) in [6.07, 6.45) is 0.222. The zero-order valence-corrected chi connectivity index (χ0v) is 22.8. The van der Waals surface area contributed by atoms with E-state index in [0.29, 0.717) is 31.1 Å². The average Bonchev–Trinajstić information content (AvgIpc) is 3.48. The maximum Gasteiger partial charge on any atom is 0.410 e. The van der Waals surface area contributed by atoms with E-state index in [1.807, 2.05) is 24.3 Å². The molecule has 11 heteroatoms. The second-order valence-corrected chi connectivity index (χ2v) is 12.8. The third-order valence-corrected chi connectivity index (χ3v) is 10.1. The Kier molecular flexibility index (Phi) is 7.02. The lowest BCUT2D eigenvalue weighted by Gasteiger charge is -2.26. The van der Waals surface area contributed by atoms with Crippen molar-refractivity contribution in [2.75, 3.05) is 24.2 Å². The van der Waals surface area contributed by atoms with Crippen LogP contribution in [0, 0.1) is 0 Å². The summed E-state index contributed by atoms with van der Waals surface area (Å²) in [5, 5.41) is 4.34. The molecule has 0 aliphatic carbocycles. The Hall–Kier alpha value is -3.28. The fraction of sp³-hybridized carbons (Fsp3) is 0.269. The monoisotopic (exact) mass is 555 g/mol. The van der Waals surface area contributed by atoms with E-state index in [4.69, 9.17) is 9.72 Å². The van der Waals surface area contributed by atoms with Crippen LogP contribution in [-0.4, -0.2) is 49.2 Å². The van der Waals surface area contributed by atoms with Gasteiger partial charge in [0, 0.05) is 17.0 Å². The van der Waals surface area contributed by atoms with Gasteiger partial charge in [-0.15, -0.1) is 22.7 Å². The number of rotatable bonds is 6. The summed E-state index contributed by atoms with van der Waals surface area (Å²) in [4.78, 5) is 33.3. The minimum absolute atomic E-state index is 0.00587. The number of thiophene rings is 1. The van der Waals surface area contributed by atoms with E-state index in [2.05, 4.69) is 5.32 Å². The predicted molar refractivity (Wildman–Crippen MR) is 146 cm³/mol. The van der Waals surface area contributed by atoms with Crippen molar-refractivity contribution in [1.82, 2.24) is 9.88 Å². The smallest absolute Gasteiger partial charge is 0.410 e. The first kappa shape index (κ1) is 25.4. The Morgan fingerprint density at radius 1 is 1.08 bits per heavy atom. The molecule has 1 N–H and O–H groups in total. The van der Waals surface area contributed by atoms with Gasteiger partial charge in [0.2, 0.25) is 0 Å². The van der Waals surface area contributed by atoms with Crippen molar-refractivity contribution in [2.24, 2.45) is 0 Å². The number of carbonyl (C=O) groups is 2. The average molecular weight is 556 g/mol. The number of para-hydroxylation sites is 1. The van der Waals surface area contributed by atoms with Crippen LogP contribution in [0.1, 0.15) is 34.6 Å². The Morgan fingerprint density at radius 2 is 1.84 bits per heavy atom. The highest BCUT2D eigenvalue weighted by Gasteiger charge is 2.31. The van der Waals surface area contributed by atoms with E-state index in [1.165, 1.54) is 34.8 Å². The first-order valence-corrected chi connectivity index (χ1v) is 15.2. The third-order valence-electron chi connectivity index (χ3n) is 6.16. The number of amides is 2. The van der Waals surface area contributed by atoms with Crippen LogP contribution in [0.15, 0.2) is 53.4 Å². The minimum atomic E-state index is -3.60. The number of fused-ring (bicyclic) bond motifs is 2. The van der Waals surface area contributed by atoms with Crippen molar-refractivity contribution in [3.05, 3.63) is 64.5 Å². The van der Waals surface area contributed by atoms with Gasteiger partial charge < -0.3 is 15.0 Å². The van der Waals surface area contributed by atoms with Crippen molar-refractivity contribution in [3.8, 4) is 10.6 Å². The standard InChI is InChI=1S/C26H25N3O5S3/c1-3-34-26(31)29-14-13-16-20(15-29)36-25(22(16)24-27-18-10-6-7-11-19(18)35-24)28-23(30)17-9-5-8-12-21(17)37(32,33)4-2/h5-12H,3-4,13-15H2,1-2H3,(H,28,30). The van der Waals surface area contributed by atoms with Crippen molar-refractivity contribution in [2.45, 2.75) is 31.7 Å². The largest absolute Gasteiger partial charge is 0.450 e. The lowest BCUT2D eigenvalue weighted by molar-refractivity contribution is 0.102. The van der Waals surface area contributed by atoms with Crippen LogP contribution in [-0.2, 0) is 27.5 Å². The maximum absolute atomic E-state index is 13.5. The number of hydrogen-bond acceptors (Lipinski definition) is 8. The van der Waals surface area contributed by atoms with E-state index >= 15 is 0 Å². The van der Waals surface area contributed by atoms with E-state index in [1.54, 1.807) is 30.9 Å². The SMILES string of the molecule is CCOC(=O)N1CCc2c(sc(NC(=O)c3ccccc3S(=O)(=O)CC)c2-c2nc3ccccc3s2)C1. The Bertz CT molecular complexity index is 1570. The molecule has 0 spiro atoms. The van der Waals surface area contributed by atoms with E-state index in [0.717, 1.165) is 31.2 Å². The molecule has 3 heterocycles. The van der Waals surface area contributed by atoms with E-state index < -0.39 is 15.7 Å². The van der Waals surface area contributed by atoms with Crippen LogP contribution in [0.3, 0.4) is 0 Å². The minimum Gasteiger partial charge on any atom is -0.450 e. The number of carbonyl (C=O) groups excluding carboxylic acids is 2. The normalized spacial score (nSPS) is 13.4. The van der Waals surface area contributed by atoms with Gasteiger partial charge in [-0.3, -0.25) is 4.79 Å². The molecule has 5 rings (SSSR count). The highest BCUT2D eigenvalue weighted by Crippen LogP contribution is 2.46. The second kappa shape index (κ2) is 10.2. The molecule has 0 saturated carbocycles. The molecule has 0 atom stereocenters. The van der Waals surface area contributed by atoms with Crippen LogP contribution in [0.2, 0.25) is 0 Å². The highest BCUT2D eigenvalue weighted by molar-refractivity contribution is 7.91. The van der Waals surface area contributed by atoms with Crippen molar-refractivity contribution in [1.29, 1.82) is 0 Å². The van der Waals surface area contributed by atoms with Gasteiger partial charge in [-0.1, -0.05) is 31.2 Å². The first-order valence-electron chi connectivity index (χ1n) is 11.9. The summed E-state index contributed by atoms with van der Waals surface area (Å²) in [7, 11) is -3.60. The van der Waals surface area contributed by atoms with Gasteiger partial charge in [-0.05, 0) is 43.2 Å². The number of benzene rings is 2. The van der Waals surface area contributed by atoms with Gasteiger partial charge in [0.15, 0.2) is 9.84 Å². The van der Waals surface area contributed by atoms with Crippen LogP contribution in [0.5, 0.6) is 0 Å². The van der Waals surface area contributed by atoms with Crippen LogP contribution in [0.4, 0.5) is 9.80 Å². The molecule has 0 bridgehead atoms. The zero-order valence-electron chi connectivity index (χ0n) is 20.3. The Morgan fingerprint density at radius 3 is 2.59 bits per heavy atom. The molecular formula is C26H25N3O5S3. The fourth-order valence-corrected chi connectivity index (χ4v) is 7.78. The zero-order chi connectivity index (χ0) is 26.2. The molecule has 4 aromatic rings. The number of hydrogen-bond donors (Lipinski definition) is 1. The van der Waals surface area contributed by atoms with Gasteiger partial charge in [0.1, 0.15) is 10.0 Å². The predicted octanol–water partition coefficient (Wildman–Crippen LogP) is 5.59. The highest BCUT2D eigenvalue weighted by atomic mass is 32.2. The molecule has 192 valence electrons. The van der Waals surface area contributed by atoms with Crippen LogP contribution in [0.25, 0.3) is 20.8 Å². The van der Waals surface area contributed by atoms with Crippen LogP contribution >= 0.6 is 22.7 Å². The molecule has 0 fully saturated rings. The van der Waals surface area contributed by atoms with Crippen LogP contribution < -0.4 is 5.32 Å². The van der Waals surface area contributed by atoms with E-state index in [-0.39, 0.29) is 22.3 Å². The number of ether oxygens (including phenoxy) is 1. The summed E-state index contributed by atoms with van der Waals surface area (Å²) in [6.45, 7) is 4.48. The summed E-state index contributed by atoms with van der Waals surface area (Å²) in [5.74, 6) is -0.610. The number of nitrogens with one attached hydrogen (secondary N) is 1. The van der Waals surface area contributed by atoms with Crippen molar-refractivity contribution >= 4 is 59.7 Å². The number of anilines is 1. The number of aromatic nitrogens is 1.